The molecule has 5 heterocycles. The first kappa shape index (κ1) is 40.3. The van der Waals surface area contributed by atoms with Gasteiger partial charge < -0.3 is 34.9 Å². The Balaban J connectivity index is 0.999. The number of aromatic nitrogens is 5. The Labute approximate surface area is 347 Å². The van der Waals surface area contributed by atoms with E-state index in [1.165, 1.54) is 14.2 Å². The van der Waals surface area contributed by atoms with Gasteiger partial charge in [0.1, 0.15) is 23.7 Å². The molecule has 4 atom stereocenters. The van der Waals surface area contributed by atoms with E-state index in [9.17, 15) is 24.3 Å². The molecule has 4 amide bonds. The number of amides is 4. The van der Waals surface area contributed by atoms with Crippen LogP contribution < -0.4 is 5.32 Å². The zero-order valence-electron chi connectivity index (χ0n) is 34.7. The van der Waals surface area contributed by atoms with Gasteiger partial charge in [-0.2, -0.15) is 0 Å². The van der Waals surface area contributed by atoms with E-state index < -0.39 is 24.3 Å². The molecule has 8 rings (SSSR count). The average molecular weight is 814 g/mol. The summed E-state index contributed by atoms with van der Waals surface area (Å²) in [6.07, 6.45) is 1.40. The zero-order valence-corrected chi connectivity index (χ0v) is 34.7. The molecule has 6 aromatic rings. The first-order chi connectivity index (χ1) is 28.8. The Hall–Kier alpha value is -6.51. The van der Waals surface area contributed by atoms with Crippen LogP contribution in [0.2, 0.25) is 0 Å². The van der Waals surface area contributed by atoms with Crippen molar-refractivity contribution in [1.29, 1.82) is 0 Å². The normalized spacial score (nSPS) is 17.9. The predicted octanol–water partition coefficient (Wildman–Crippen LogP) is 7.66. The molecule has 4 N–H and O–H groups in total. The fraction of sp³-hybridized carbons (Fsp3) is 0.400. The summed E-state index contributed by atoms with van der Waals surface area (Å²) >= 11 is 0. The van der Waals surface area contributed by atoms with Gasteiger partial charge in [-0.15, -0.1) is 0 Å². The van der Waals surface area contributed by atoms with E-state index in [-0.39, 0.29) is 35.7 Å². The second kappa shape index (κ2) is 16.3. The number of benzene rings is 3. The van der Waals surface area contributed by atoms with Gasteiger partial charge in [-0.1, -0.05) is 52.0 Å². The van der Waals surface area contributed by atoms with Crippen molar-refractivity contribution in [3.05, 3.63) is 78.4 Å². The maximum atomic E-state index is 13.7. The van der Waals surface area contributed by atoms with Crippen molar-refractivity contribution >= 4 is 57.0 Å². The maximum Gasteiger partial charge on any atom is 0.407 e. The largest absolute Gasteiger partial charge is 0.465 e. The molecule has 0 unspecified atom stereocenters. The number of pyridine rings is 1. The smallest absolute Gasteiger partial charge is 0.407 e. The number of carboxylic acid groups (broad SMARTS) is 1. The molecule has 15 nitrogen and oxygen atoms in total. The van der Waals surface area contributed by atoms with Crippen molar-refractivity contribution < 1.29 is 29.0 Å². The summed E-state index contributed by atoms with van der Waals surface area (Å²) in [6, 6.07) is 20.4. The quantitative estimate of drug-likeness (QED) is 0.108. The van der Waals surface area contributed by atoms with E-state index in [0.29, 0.717) is 18.9 Å². The third-order valence-corrected chi connectivity index (χ3v) is 12.0. The van der Waals surface area contributed by atoms with Gasteiger partial charge in [0.25, 0.3) is 0 Å². The summed E-state index contributed by atoms with van der Waals surface area (Å²) in [5.74, 6) is 0.774. The number of nitrogens with zero attached hydrogens (tertiary/aromatic N) is 6. The number of likely N-dealkylation sites (tertiary alicyclic amines) is 2. The predicted molar refractivity (Wildman–Crippen MR) is 228 cm³/mol. The van der Waals surface area contributed by atoms with Crippen LogP contribution in [0.15, 0.2) is 66.7 Å². The summed E-state index contributed by atoms with van der Waals surface area (Å²) in [6.45, 7) is 8.66. The molecular weight excluding hydrogens is 763 g/mol. The van der Waals surface area contributed by atoms with Crippen molar-refractivity contribution in [2.24, 2.45) is 11.8 Å². The lowest BCUT2D eigenvalue weighted by Crippen LogP contribution is -2.51. The van der Waals surface area contributed by atoms with Crippen LogP contribution in [-0.4, -0.2) is 108 Å². The van der Waals surface area contributed by atoms with E-state index >= 15 is 0 Å². The Morgan fingerprint density at radius 1 is 0.733 bits per heavy atom. The number of hydrogen-bond acceptors (Lipinski definition) is 8. The highest BCUT2D eigenvalue weighted by Crippen LogP contribution is 2.36. The molecule has 0 aliphatic carbocycles. The number of rotatable bonds is 10. The van der Waals surface area contributed by atoms with Gasteiger partial charge in [-0.3, -0.25) is 14.5 Å². The third-order valence-electron chi connectivity index (χ3n) is 12.0. The van der Waals surface area contributed by atoms with Crippen LogP contribution in [0.4, 0.5) is 9.59 Å². The fourth-order valence-electron chi connectivity index (χ4n) is 8.87. The van der Waals surface area contributed by atoms with Crippen molar-refractivity contribution in [3.8, 4) is 22.4 Å². The Morgan fingerprint density at radius 3 is 1.85 bits per heavy atom. The Morgan fingerprint density at radius 2 is 1.28 bits per heavy atom. The maximum absolute atomic E-state index is 13.7. The Bertz CT molecular complexity index is 2620. The zero-order chi connectivity index (χ0) is 42.4. The second-order valence-electron chi connectivity index (χ2n) is 16.6. The van der Waals surface area contributed by atoms with Crippen LogP contribution in [0.25, 0.3) is 55.4 Å². The van der Waals surface area contributed by atoms with Gasteiger partial charge in [0.05, 0.1) is 52.5 Å². The number of carbonyl (C=O) groups excluding carboxylic acids is 3. The molecular formula is C45H51N9O6. The number of fused-ring (bicyclic) bond motifs is 3. The van der Waals surface area contributed by atoms with Crippen LogP contribution >= 0.6 is 0 Å². The molecule has 0 spiro atoms. The molecule has 312 valence electrons. The van der Waals surface area contributed by atoms with Crippen LogP contribution in [0, 0.1) is 11.8 Å². The van der Waals surface area contributed by atoms with Crippen LogP contribution in [0.5, 0.6) is 0 Å². The topological polar surface area (TPSA) is 190 Å². The molecule has 2 aliphatic heterocycles. The molecule has 60 heavy (non-hydrogen) atoms. The van der Waals surface area contributed by atoms with Gasteiger partial charge >= 0.3 is 12.2 Å². The highest BCUT2D eigenvalue weighted by molar-refractivity contribution is 5.91. The van der Waals surface area contributed by atoms with Crippen LogP contribution in [0.1, 0.15) is 77.1 Å². The number of imidazole rings is 2. The molecule has 2 aliphatic rings. The number of alkyl carbamates (subject to hydrolysis) is 1. The van der Waals surface area contributed by atoms with E-state index in [1.807, 2.05) is 75.1 Å². The number of likely N-dealkylation sites (N-methyl/N-ethyl adjacent to an activating group) is 1. The van der Waals surface area contributed by atoms with Gasteiger partial charge in [0.15, 0.2) is 0 Å². The van der Waals surface area contributed by atoms with E-state index in [2.05, 4.69) is 39.6 Å². The van der Waals surface area contributed by atoms with E-state index in [1.54, 1.807) is 4.90 Å². The number of nitrogens with one attached hydrogen (secondary N) is 3. The molecule has 3 aromatic carbocycles. The van der Waals surface area contributed by atoms with Crippen molar-refractivity contribution in [1.82, 2.24) is 44.9 Å². The summed E-state index contributed by atoms with van der Waals surface area (Å²) < 4.78 is 4.78. The number of aromatic amines is 2. The van der Waals surface area contributed by atoms with Crippen molar-refractivity contribution in [2.75, 3.05) is 27.2 Å². The highest BCUT2D eigenvalue weighted by Gasteiger charge is 2.40. The van der Waals surface area contributed by atoms with Gasteiger partial charge in [0, 0.05) is 31.1 Å². The van der Waals surface area contributed by atoms with Crippen molar-refractivity contribution in [3.63, 3.8) is 0 Å². The average Bonchev–Trinajstić information content (AvgIpc) is 4.07. The minimum absolute atomic E-state index is 0.115. The van der Waals surface area contributed by atoms with Crippen LogP contribution in [0.3, 0.4) is 0 Å². The summed E-state index contributed by atoms with van der Waals surface area (Å²) in [7, 11) is 2.74. The number of carbonyl (C=O) groups is 4. The molecule has 3 aromatic heterocycles. The highest BCUT2D eigenvalue weighted by atomic mass is 16.5. The minimum Gasteiger partial charge on any atom is -0.465 e. The number of hydrogen-bond donors (Lipinski definition) is 4. The Kier molecular flexibility index (Phi) is 10.9. The monoisotopic (exact) mass is 813 g/mol. The lowest BCUT2D eigenvalue weighted by Gasteiger charge is -2.33. The first-order valence-electron chi connectivity index (χ1n) is 20.6. The van der Waals surface area contributed by atoms with Crippen LogP contribution in [-0.2, 0) is 14.3 Å². The first-order valence-corrected chi connectivity index (χ1v) is 20.6. The number of methoxy groups -OCH3 is 1. The summed E-state index contributed by atoms with van der Waals surface area (Å²) in [4.78, 5) is 77.6. The second-order valence-corrected chi connectivity index (χ2v) is 16.6. The van der Waals surface area contributed by atoms with Crippen molar-refractivity contribution in [2.45, 2.75) is 77.5 Å². The molecule has 0 bridgehead atoms. The molecule has 15 heteroatoms. The lowest BCUT2D eigenvalue weighted by atomic mass is 10.0. The molecule has 2 saturated heterocycles. The van der Waals surface area contributed by atoms with E-state index in [4.69, 9.17) is 19.7 Å². The molecule has 0 saturated carbocycles. The van der Waals surface area contributed by atoms with Gasteiger partial charge in [-0.25, -0.2) is 24.5 Å². The van der Waals surface area contributed by atoms with E-state index in [0.717, 1.165) is 91.8 Å². The summed E-state index contributed by atoms with van der Waals surface area (Å²) in [5, 5.41) is 13.3. The standard InChI is InChI=1S/C45H51N9O6/c1-24(2)38(51-44(57)60-6)42(55)53-19-7-9-36(53)40-47-32-17-12-27(22-34(32)49-40)26-11-15-30-28(21-26)13-16-31(46-30)29-14-18-33-35(23-29)50-41(48-33)37-10-8-20-54(37)43(56)39(25(3)4)52(5)45(58)59/h11-18,21-25,36-39H,7-10,19-20H2,1-6H3,(H,47,49)(H,48,50)(H,51,57)(H,58,59)/t36-,37-,38-,39-/m0/s1. The molecule has 0 radical (unpaired) electrons. The molecule has 2 fully saturated rings. The van der Waals surface area contributed by atoms with Gasteiger partial charge in [0.2, 0.25) is 11.8 Å². The number of H-pyrrole nitrogens is 2. The summed E-state index contributed by atoms with van der Waals surface area (Å²) in [5.41, 5.74) is 7.94. The SMILES string of the molecule is COC(=O)N[C@H](C(=O)N1CCC[C@H]1c1nc2ccc(-c3ccc4nc(-c5ccc6nc([C@@H]7CCCN7C(=O)[C@H](C(C)C)N(C)C(=O)O)[nH]c6c5)ccc4c3)cc2[nH]1)C(C)C. The third kappa shape index (κ3) is 7.59. The number of ether oxygens (including phenoxy) is 1. The minimum atomic E-state index is -1.13. The lowest BCUT2D eigenvalue weighted by molar-refractivity contribution is -0.138. The van der Waals surface area contributed by atoms with Gasteiger partial charge in [-0.05, 0) is 91.1 Å². The fourth-order valence-corrected chi connectivity index (χ4v) is 8.87.